The summed E-state index contributed by atoms with van der Waals surface area (Å²) in [5, 5.41) is 12.0. The fraction of sp³-hybridized carbons (Fsp3) is 0.636. The molecule has 0 aromatic rings. The number of rotatable bonds is 3. The molecule has 0 fully saturated rings. The second kappa shape index (κ2) is 4.65. The Morgan fingerprint density at radius 2 is 1.69 bits per heavy atom. The van der Waals surface area contributed by atoms with Gasteiger partial charge in [0.1, 0.15) is 0 Å². The summed E-state index contributed by atoms with van der Waals surface area (Å²) >= 11 is 0. The third-order valence-electron chi connectivity index (χ3n) is 2.84. The van der Waals surface area contributed by atoms with Gasteiger partial charge in [0.2, 0.25) is 5.91 Å². The van der Waals surface area contributed by atoms with Crippen molar-refractivity contribution in [3.63, 3.8) is 0 Å². The van der Waals surface area contributed by atoms with Gasteiger partial charge in [-0.25, -0.2) is 0 Å². The van der Waals surface area contributed by atoms with Gasteiger partial charge in [0.25, 0.3) is 5.91 Å². The monoisotopic (exact) mass is 228 g/mol. The van der Waals surface area contributed by atoms with Crippen molar-refractivity contribution in [1.82, 2.24) is 5.32 Å². The summed E-state index contributed by atoms with van der Waals surface area (Å²) in [6.45, 7) is 7.90. The quantitative estimate of drug-likeness (QED) is 0.605. The van der Waals surface area contributed by atoms with Crippen LogP contribution in [0.15, 0.2) is 11.8 Å². The molecule has 0 heterocycles. The smallest absolute Gasteiger partial charge is 0.252 e. The van der Waals surface area contributed by atoms with E-state index >= 15 is 0 Å². The third-order valence-corrected chi connectivity index (χ3v) is 2.84. The van der Waals surface area contributed by atoms with Crippen LogP contribution in [0.3, 0.4) is 0 Å². The van der Waals surface area contributed by atoms with Crippen LogP contribution < -0.4 is 11.1 Å². The minimum Gasteiger partial charge on any atom is -0.401 e. The van der Waals surface area contributed by atoms with Crippen molar-refractivity contribution in [2.45, 2.75) is 40.2 Å². The minimum atomic E-state index is -1.07. The van der Waals surface area contributed by atoms with E-state index in [0.29, 0.717) is 0 Å². The highest BCUT2D eigenvalue weighted by Gasteiger charge is 2.37. The molecule has 5 nitrogen and oxygen atoms in total. The molecule has 0 unspecified atom stereocenters. The van der Waals surface area contributed by atoms with Crippen LogP contribution in [0.25, 0.3) is 0 Å². The molecule has 92 valence electrons. The van der Waals surface area contributed by atoms with Crippen molar-refractivity contribution >= 4 is 11.8 Å². The average Bonchev–Trinajstić information content (AvgIpc) is 1.99. The molecule has 0 bridgehead atoms. The summed E-state index contributed by atoms with van der Waals surface area (Å²) in [5.41, 5.74) is 4.14. The van der Waals surface area contributed by atoms with Crippen LogP contribution in [0.1, 0.15) is 34.6 Å². The van der Waals surface area contributed by atoms with Gasteiger partial charge in [0, 0.05) is 24.1 Å². The molecule has 0 aliphatic carbocycles. The molecule has 5 heteroatoms. The number of hydrogen-bond donors (Lipinski definition) is 3. The molecule has 0 atom stereocenters. The lowest BCUT2D eigenvalue weighted by atomic mass is 9.74. The van der Waals surface area contributed by atoms with E-state index < -0.39 is 22.8 Å². The minimum absolute atomic E-state index is 0.221. The summed E-state index contributed by atoms with van der Waals surface area (Å²) in [7, 11) is 0. The van der Waals surface area contributed by atoms with Gasteiger partial charge >= 0.3 is 0 Å². The molecular weight excluding hydrogens is 208 g/mol. The van der Waals surface area contributed by atoms with Crippen LogP contribution in [0.2, 0.25) is 0 Å². The van der Waals surface area contributed by atoms with E-state index in [9.17, 15) is 14.7 Å². The second-order valence-electron chi connectivity index (χ2n) is 4.83. The van der Waals surface area contributed by atoms with Crippen LogP contribution in [0, 0.1) is 5.41 Å². The van der Waals surface area contributed by atoms with Crippen molar-refractivity contribution < 1.29 is 14.7 Å². The van der Waals surface area contributed by atoms with E-state index in [2.05, 4.69) is 5.32 Å². The topological polar surface area (TPSA) is 92.4 Å². The highest BCUT2D eigenvalue weighted by atomic mass is 16.3. The first-order chi connectivity index (χ1) is 6.98. The third kappa shape index (κ3) is 3.66. The molecule has 0 rings (SSSR count). The van der Waals surface area contributed by atoms with Gasteiger partial charge in [0.05, 0.1) is 5.60 Å². The van der Waals surface area contributed by atoms with E-state index in [4.69, 9.17) is 5.73 Å². The number of aliphatic hydroxyl groups is 1. The largest absolute Gasteiger partial charge is 0.401 e. The molecule has 16 heavy (non-hydrogen) atoms. The first-order valence-electron chi connectivity index (χ1n) is 5.00. The number of carbonyl (C=O) groups is 2. The standard InChI is InChI=1S/C11H20N2O3/c1-7(14)13-9(15)6-8(12)10(2,3)11(4,5)16/h6,16H,12H2,1-5H3,(H,13,14,15). The van der Waals surface area contributed by atoms with Gasteiger partial charge in [-0.1, -0.05) is 13.8 Å². The fourth-order valence-electron chi connectivity index (χ4n) is 0.884. The van der Waals surface area contributed by atoms with Crippen LogP contribution in [0.5, 0.6) is 0 Å². The normalized spacial score (nSPS) is 13.5. The van der Waals surface area contributed by atoms with Gasteiger partial charge in [0.15, 0.2) is 0 Å². The molecular formula is C11H20N2O3. The van der Waals surface area contributed by atoms with Crippen LogP contribution in [-0.2, 0) is 9.59 Å². The van der Waals surface area contributed by atoms with Gasteiger partial charge in [-0.15, -0.1) is 0 Å². The van der Waals surface area contributed by atoms with Gasteiger partial charge in [-0.2, -0.15) is 0 Å². The lowest BCUT2D eigenvalue weighted by Gasteiger charge is -2.37. The number of carbonyl (C=O) groups excluding carboxylic acids is 2. The number of imide groups is 1. The summed E-state index contributed by atoms with van der Waals surface area (Å²) < 4.78 is 0. The molecule has 0 aromatic heterocycles. The van der Waals surface area contributed by atoms with Crippen molar-refractivity contribution in [3.05, 3.63) is 11.8 Å². The Bertz CT molecular complexity index is 325. The summed E-state index contributed by atoms with van der Waals surface area (Å²) in [4.78, 5) is 21.9. The van der Waals surface area contributed by atoms with Crippen molar-refractivity contribution in [2.24, 2.45) is 11.1 Å². The predicted octanol–water partition coefficient (Wildman–Crippen LogP) is 0.289. The lowest BCUT2D eigenvalue weighted by molar-refractivity contribution is -0.126. The number of hydrogen-bond acceptors (Lipinski definition) is 4. The van der Waals surface area contributed by atoms with Crippen molar-refractivity contribution in [3.8, 4) is 0 Å². The van der Waals surface area contributed by atoms with Crippen LogP contribution in [-0.4, -0.2) is 22.5 Å². The molecule has 0 saturated carbocycles. The molecule has 4 N–H and O–H groups in total. The zero-order valence-electron chi connectivity index (χ0n) is 10.4. The Morgan fingerprint density at radius 1 is 1.25 bits per heavy atom. The first-order valence-corrected chi connectivity index (χ1v) is 5.00. The molecule has 0 aromatic carbocycles. The molecule has 0 spiro atoms. The highest BCUT2D eigenvalue weighted by molar-refractivity contribution is 6.00. The Kier molecular flexibility index (Phi) is 4.26. The second-order valence-corrected chi connectivity index (χ2v) is 4.83. The Hall–Kier alpha value is -1.36. The van der Waals surface area contributed by atoms with Gasteiger partial charge in [-0.05, 0) is 13.8 Å². The fourth-order valence-corrected chi connectivity index (χ4v) is 0.884. The Labute approximate surface area is 95.7 Å². The molecule has 0 aliphatic rings. The Morgan fingerprint density at radius 3 is 2.00 bits per heavy atom. The van der Waals surface area contributed by atoms with Gasteiger partial charge < -0.3 is 10.8 Å². The molecule has 0 radical (unpaired) electrons. The maximum absolute atomic E-state index is 11.3. The van der Waals surface area contributed by atoms with E-state index in [-0.39, 0.29) is 5.70 Å². The SMILES string of the molecule is CC(=O)NC(=O)C=C(N)C(C)(C)C(C)(C)O. The summed E-state index contributed by atoms with van der Waals surface area (Å²) in [6, 6.07) is 0. The molecule has 0 aliphatic heterocycles. The zero-order valence-corrected chi connectivity index (χ0v) is 10.4. The number of nitrogens with two attached hydrogens (primary N) is 1. The van der Waals surface area contributed by atoms with E-state index in [1.807, 2.05) is 0 Å². The summed E-state index contributed by atoms with van der Waals surface area (Å²) in [5.74, 6) is -1.03. The van der Waals surface area contributed by atoms with Gasteiger partial charge in [-0.3, -0.25) is 14.9 Å². The Balaban J connectivity index is 4.92. The van der Waals surface area contributed by atoms with Crippen molar-refractivity contribution in [1.29, 1.82) is 0 Å². The molecule has 2 amide bonds. The first kappa shape index (κ1) is 14.6. The maximum atomic E-state index is 11.3. The predicted molar refractivity (Wildman–Crippen MR) is 61.2 cm³/mol. The van der Waals surface area contributed by atoms with Crippen molar-refractivity contribution in [2.75, 3.05) is 0 Å². The number of amides is 2. The van der Waals surface area contributed by atoms with E-state index in [1.54, 1.807) is 27.7 Å². The number of nitrogens with one attached hydrogen (secondary N) is 1. The maximum Gasteiger partial charge on any atom is 0.252 e. The summed E-state index contributed by atoms with van der Waals surface area (Å²) in [6.07, 6.45) is 1.12. The highest BCUT2D eigenvalue weighted by Crippen LogP contribution is 2.34. The van der Waals surface area contributed by atoms with E-state index in [1.165, 1.54) is 6.92 Å². The van der Waals surface area contributed by atoms with E-state index in [0.717, 1.165) is 6.08 Å². The molecule has 0 saturated heterocycles. The van der Waals surface area contributed by atoms with Crippen LogP contribution >= 0.6 is 0 Å². The average molecular weight is 228 g/mol. The zero-order chi connectivity index (χ0) is 13.1. The van der Waals surface area contributed by atoms with Crippen LogP contribution in [0.4, 0.5) is 0 Å². The lowest BCUT2D eigenvalue weighted by Crippen LogP contribution is -2.43.